The number of anilines is 1. The smallest absolute Gasteiger partial charge is 0.225 e. The lowest BCUT2D eigenvalue weighted by Gasteiger charge is -2.22. The molecule has 1 unspecified atom stereocenters. The first-order valence-corrected chi connectivity index (χ1v) is 7.25. The third kappa shape index (κ3) is 7.48. The second kappa shape index (κ2) is 7.80. The lowest BCUT2D eigenvalue weighted by atomic mass is 9.84. The maximum atomic E-state index is 12.0. The van der Waals surface area contributed by atoms with Crippen LogP contribution >= 0.6 is 0 Å². The molecule has 21 heavy (non-hydrogen) atoms. The van der Waals surface area contributed by atoms with Crippen LogP contribution in [0.25, 0.3) is 0 Å². The molecule has 1 heterocycles. The molecule has 1 amide bonds. The number of rotatable bonds is 4. The van der Waals surface area contributed by atoms with Crippen LogP contribution in [0.15, 0.2) is 18.3 Å². The minimum absolute atomic E-state index is 0.0109. The Balaban J connectivity index is 2.59. The van der Waals surface area contributed by atoms with Gasteiger partial charge in [0.25, 0.3) is 0 Å². The summed E-state index contributed by atoms with van der Waals surface area (Å²) in [4.78, 5) is 16.2. The van der Waals surface area contributed by atoms with Gasteiger partial charge in [-0.25, -0.2) is 4.98 Å². The molecular formula is C17H25N3O. The molecule has 4 nitrogen and oxygen atoms in total. The number of nitrogens with one attached hydrogen (secondary N) is 1. The van der Waals surface area contributed by atoms with Crippen LogP contribution in [0.4, 0.5) is 5.82 Å². The van der Waals surface area contributed by atoms with Crippen molar-refractivity contribution in [2.24, 2.45) is 17.1 Å². The Kier molecular flexibility index (Phi) is 6.39. The molecule has 0 aliphatic carbocycles. The SMILES string of the molecule is CC(CC(=O)Nc1cc(C#CCN)ccn1)CC(C)(C)C. The highest BCUT2D eigenvalue weighted by molar-refractivity contribution is 5.90. The molecule has 0 aromatic carbocycles. The van der Waals surface area contributed by atoms with Crippen LogP contribution in [-0.2, 0) is 4.79 Å². The molecule has 3 N–H and O–H groups in total. The van der Waals surface area contributed by atoms with Crippen molar-refractivity contribution in [2.75, 3.05) is 11.9 Å². The van der Waals surface area contributed by atoms with E-state index < -0.39 is 0 Å². The van der Waals surface area contributed by atoms with E-state index in [1.165, 1.54) is 0 Å². The van der Waals surface area contributed by atoms with Crippen LogP contribution in [0, 0.1) is 23.2 Å². The van der Waals surface area contributed by atoms with Gasteiger partial charge in [-0.3, -0.25) is 4.79 Å². The van der Waals surface area contributed by atoms with E-state index in [1.54, 1.807) is 18.3 Å². The largest absolute Gasteiger partial charge is 0.320 e. The summed E-state index contributed by atoms with van der Waals surface area (Å²) in [5.74, 6) is 6.57. The van der Waals surface area contributed by atoms with Gasteiger partial charge in [-0.2, -0.15) is 0 Å². The molecule has 0 fully saturated rings. The zero-order chi connectivity index (χ0) is 15.9. The Labute approximate surface area is 127 Å². The normalized spacial score (nSPS) is 12.2. The second-order valence-electron chi connectivity index (χ2n) is 6.56. The predicted octanol–water partition coefficient (Wildman–Crippen LogP) is 2.79. The Morgan fingerprint density at radius 3 is 2.81 bits per heavy atom. The third-order valence-corrected chi connectivity index (χ3v) is 2.86. The van der Waals surface area contributed by atoms with E-state index in [-0.39, 0.29) is 11.3 Å². The predicted molar refractivity (Wildman–Crippen MR) is 86.7 cm³/mol. The summed E-state index contributed by atoms with van der Waals surface area (Å²) in [5.41, 5.74) is 6.37. The molecule has 114 valence electrons. The van der Waals surface area contributed by atoms with E-state index in [2.05, 4.69) is 49.8 Å². The number of aromatic nitrogens is 1. The maximum Gasteiger partial charge on any atom is 0.225 e. The average Bonchev–Trinajstić information content (AvgIpc) is 2.34. The Hall–Kier alpha value is -1.86. The van der Waals surface area contributed by atoms with Gasteiger partial charge in [0.2, 0.25) is 5.91 Å². The van der Waals surface area contributed by atoms with Crippen LogP contribution in [0.1, 0.15) is 46.1 Å². The molecule has 0 radical (unpaired) electrons. The summed E-state index contributed by atoms with van der Waals surface area (Å²) >= 11 is 0. The van der Waals surface area contributed by atoms with E-state index in [1.807, 2.05) is 0 Å². The summed E-state index contributed by atoms with van der Waals surface area (Å²) in [6, 6.07) is 3.55. The monoisotopic (exact) mass is 287 g/mol. The molecule has 4 heteroatoms. The van der Waals surface area contributed by atoms with Crippen LogP contribution in [0.5, 0.6) is 0 Å². The highest BCUT2D eigenvalue weighted by Crippen LogP contribution is 2.26. The quantitative estimate of drug-likeness (QED) is 0.837. The van der Waals surface area contributed by atoms with Crippen LogP contribution in [0.3, 0.4) is 0 Å². The first-order chi connectivity index (χ1) is 9.80. The summed E-state index contributed by atoms with van der Waals surface area (Å²) in [6.07, 6.45) is 3.14. The fraction of sp³-hybridized carbons (Fsp3) is 0.529. The molecule has 1 rings (SSSR count). The molecule has 0 aliphatic heterocycles. The number of pyridine rings is 1. The number of hydrogen-bond donors (Lipinski definition) is 2. The van der Waals surface area contributed by atoms with Gasteiger partial charge in [0.05, 0.1) is 6.54 Å². The Morgan fingerprint density at radius 2 is 2.19 bits per heavy atom. The van der Waals surface area contributed by atoms with E-state index >= 15 is 0 Å². The highest BCUT2D eigenvalue weighted by Gasteiger charge is 2.17. The molecular weight excluding hydrogens is 262 g/mol. The van der Waals surface area contributed by atoms with Crippen molar-refractivity contribution in [1.82, 2.24) is 4.98 Å². The minimum atomic E-state index is -0.0109. The summed E-state index contributed by atoms with van der Waals surface area (Å²) in [7, 11) is 0. The molecule has 1 aromatic rings. The van der Waals surface area contributed by atoms with Gasteiger partial charge in [0.1, 0.15) is 5.82 Å². The zero-order valence-electron chi connectivity index (χ0n) is 13.4. The Bertz CT molecular complexity index is 535. The van der Waals surface area contributed by atoms with E-state index in [9.17, 15) is 4.79 Å². The first-order valence-electron chi connectivity index (χ1n) is 7.25. The van der Waals surface area contributed by atoms with Crippen molar-refractivity contribution in [1.29, 1.82) is 0 Å². The number of hydrogen-bond acceptors (Lipinski definition) is 3. The standard InChI is InChI=1S/C17H25N3O/c1-13(12-17(2,3)4)10-16(21)20-15-11-14(6-5-8-18)7-9-19-15/h7,9,11,13H,8,10,12,18H2,1-4H3,(H,19,20,21). The van der Waals surface area contributed by atoms with Crippen LogP contribution < -0.4 is 11.1 Å². The average molecular weight is 287 g/mol. The van der Waals surface area contributed by atoms with Crippen molar-refractivity contribution in [3.8, 4) is 11.8 Å². The van der Waals surface area contributed by atoms with Crippen molar-refractivity contribution in [2.45, 2.75) is 40.5 Å². The van der Waals surface area contributed by atoms with E-state index in [4.69, 9.17) is 5.73 Å². The first kappa shape index (κ1) is 17.2. The molecule has 1 aromatic heterocycles. The number of nitrogens with two attached hydrogens (primary N) is 1. The van der Waals surface area contributed by atoms with Gasteiger partial charge in [0.15, 0.2) is 0 Å². The van der Waals surface area contributed by atoms with E-state index in [0.717, 1.165) is 12.0 Å². The van der Waals surface area contributed by atoms with Crippen molar-refractivity contribution >= 4 is 11.7 Å². The zero-order valence-corrected chi connectivity index (χ0v) is 13.4. The highest BCUT2D eigenvalue weighted by atomic mass is 16.1. The third-order valence-electron chi connectivity index (χ3n) is 2.86. The van der Waals surface area contributed by atoms with Gasteiger partial charge in [-0.1, -0.05) is 39.5 Å². The topological polar surface area (TPSA) is 68.0 Å². The summed E-state index contributed by atoms with van der Waals surface area (Å²) in [5, 5.41) is 2.83. The van der Waals surface area contributed by atoms with Gasteiger partial charge in [-0.05, 0) is 29.9 Å². The van der Waals surface area contributed by atoms with Crippen molar-refractivity contribution in [3.05, 3.63) is 23.9 Å². The molecule has 0 saturated heterocycles. The minimum Gasteiger partial charge on any atom is -0.320 e. The molecule has 0 saturated carbocycles. The number of carbonyl (C=O) groups excluding carboxylic acids is 1. The van der Waals surface area contributed by atoms with Crippen LogP contribution in [-0.4, -0.2) is 17.4 Å². The number of carbonyl (C=O) groups is 1. The fourth-order valence-corrected chi connectivity index (χ4v) is 2.36. The molecule has 0 spiro atoms. The lowest BCUT2D eigenvalue weighted by Crippen LogP contribution is -2.19. The van der Waals surface area contributed by atoms with E-state index in [0.29, 0.717) is 24.7 Å². The van der Waals surface area contributed by atoms with Gasteiger partial charge < -0.3 is 11.1 Å². The molecule has 0 aliphatic rings. The van der Waals surface area contributed by atoms with Gasteiger partial charge in [0, 0.05) is 18.2 Å². The lowest BCUT2D eigenvalue weighted by molar-refractivity contribution is -0.117. The van der Waals surface area contributed by atoms with Crippen molar-refractivity contribution < 1.29 is 4.79 Å². The van der Waals surface area contributed by atoms with Crippen molar-refractivity contribution in [3.63, 3.8) is 0 Å². The Morgan fingerprint density at radius 1 is 1.48 bits per heavy atom. The maximum absolute atomic E-state index is 12.0. The van der Waals surface area contributed by atoms with Gasteiger partial charge >= 0.3 is 0 Å². The summed E-state index contributed by atoms with van der Waals surface area (Å²) < 4.78 is 0. The van der Waals surface area contributed by atoms with Gasteiger partial charge in [-0.15, -0.1) is 0 Å². The second-order valence-corrected chi connectivity index (χ2v) is 6.56. The summed E-state index contributed by atoms with van der Waals surface area (Å²) in [6.45, 7) is 8.96. The molecule has 1 atom stereocenters. The van der Waals surface area contributed by atoms with Crippen LogP contribution in [0.2, 0.25) is 0 Å². The number of amides is 1. The molecule has 0 bridgehead atoms. The fourth-order valence-electron chi connectivity index (χ4n) is 2.36. The number of nitrogens with zero attached hydrogens (tertiary/aromatic N) is 1.